The third kappa shape index (κ3) is 3.36. The van der Waals surface area contributed by atoms with Gasteiger partial charge in [0.25, 0.3) is 0 Å². The van der Waals surface area contributed by atoms with Crippen LogP contribution in [-0.4, -0.2) is 12.5 Å². The van der Waals surface area contributed by atoms with Gasteiger partial charge in [0.2, 0.25) is 5.91 Å². The predicted octanol–water partition coefficient (Wildman–Crippen LogP) is 0.628. The van der Waals surface area contributed by atoms with Crippen molar-refractivity contribution in [2.24, 2.45) is 0 Å². The zero-order valence-corrected chi connectivity index (χ0v) is 8.87. The van der Waals surface area contributed by atoms with Crippen LogP contribution in [0.15, 0.2) is 18.2 Å². The number of nitrogens with two attached hydrogens (primary N) is 1. The summed E-state index contributed by atoms with van der Waals surface area (Å²) in [7, 11) is 0. The molecule has 3 N–H and O–H groups in total. The number of benzene rings is 1. The Morgan fingerprint density at radius 3 is 2.88 bits per heavy atom. The van der Waals surface area contributed by atoms with E-state index in [0.29, 0.717) is 16.8 Å². The lowest BCUT2D eigenvalue weighted by Gasteiger charge is -1.97. The number of carbonyl (C=O) groups excluding carboxylic acids is 1. The monoisotopic (exact) mass is 213 g/mol. The van der Waals surface area contributed by atoms with Crippen LogP contribution in [0.5, 0.6) is 0 Å². The van der Waals surface area contributed by atoms with Gasteiger partial charge in [0.1, 0.15) is 6.07 Å². The molecule has 4 nitrogen and oxygen atoms in total. The normalized spacial score (nSPS) is 8.50. The molecule has 0 heterocycles. The third-order valence-electron chi connectivity index (χ3n) is 1.81. The lowest BCUT2D eigenvalue weighted by atomic mass is 10.1. The number of carbonyl (C=O) groups is 1. The molecule has 80 valence electrons. The second-order valence-electron chi connectivity index (χ2n) is 3.13. The van der Waals surface area contributed by atoms with Gasteiger partial charge in [-0.3, -0.25) is 4.79 Å². The number of nitrogens with zero attached hydrogens (tertiary/aromatic N) is 1. The molecule has 0 saturated heterocycles. The van der Waals surface area contributed by atoms with Crippen LogP contribution in [0.25, 0.3) is 0 Å². The van der Waals surface area contributed by atoms with Gasteiger partial charge in [-0.1, -0.05) is 11.8 Å². The maximum Gasteiger partial charge on any atom is 0.217 e. The molecule has 0 unspecified atom stereocenters. The fourth-order valence-electron chi connectivity index (χ4n) is 1.07. The quantitative estimate of drug-likeness (QED) is 0.530. The minimum absolute atomic E-state index is 0.132. The first-order valence-electron chi connectivity index (χ1n) is 4.66. The van der Waals surface area contributed by atoms with E-state index in [9.17, 15) is 4.79 Å². The highest BCUT2D eigenvalue weighted by Crippen LogP contribution is 2.11. The Morgan fingerprint density at radius 2 is 2.25 bits per heavy atom. The van der Waals surface area contributed by atoms with Crippen molar-refractivity contribution in [3.63, 3.8) is 0 Å². The molecule has 0 aliphatic carbocycles. The highest BCUT2D eigenvalue weighted by atomic mass is 16.1. The van der Waals surface area contributed by atoms with E-state index in [1.165, 1.54) is 6.92 Å². The van der Waals surface area contributed by atoms with Crippen molar-refractivity contribution in [3.05, 3.63) is 29.3 Å². The number of nitrogen functional groups attached to an aromatic ring is 1. The lowest BCUT2D eigenvalue weighted by molar-refractivity contribution is -0.118. The summed E-state index contributed by atoms with van der Waals surface area (Å²) in [5, 5.41) is 11.4. The fraction of sp³-hybridized carbons (Fsp3) is 0.167. The Balaban J connectivity index is 2.81. The molecular weight excluding hydrogens is 202 g/mol. The number of nitriles is 1. The van der Waals surface area contributed by atoms with E-state index in [1.807, 2.05) is 6.07 Å². The van der Waals surface area contributed by atoms with Crippen molar-refractivity contribution in [3.8, 4) is 17.9 Å². The Bertz CT molecular complexity index is 503. The van der Waals surface area contributed by atoms with Crippen LogP contribution in [0.2, 0.25) is 0 Å². The smallest absolute Gasteiger partial charge is 0.217 e. The first-order chi connectivity index (χ1) is 7.63. The summed E-state index contributed by atoms with van der Waals surface area (Å²) in [5.41, 5.74) is 7.13. The summed E-state index contributed by atoms with van der Waals surface area (Å²) in [6.07, 6.45) is 0. The Kier molecular flexibility index (Phi) is 3.94. The fourth-order valence-corrected chi connectivity index (χ4v) is 1.07. The molecule has 1 aromatic carbocycles. The molecule has 0 bridgehead atoms. The van der Waals surface area contributed by atoms with E-state index in [0.717, 1.165) is 0 Å². The van der Waals surface area contributed by atoms with Gasteiger partial charge in [-0.2, -0.15) is 5.26 Å². The highest BCUT2D eigenvalue weighted by molar-refractivity contribution is 5.73. The van der Waals surface area contributed by atoms with E-state index < -0.39 is 0 Å². The molecule has 1 aromatic rings. The molecule has 0 fully saturated rings. The van der Waals surface area contributed by atoms with Gasteiger partial charge < -0.3 is 11.1 Å². The van der Waals surface area contributed by atoms with Crippen LogP contribution in [0.4, 0.5) is 5.69 Å². The van der Waals surface area contributed by atoms with Crippen LogP contribution < -0.4 is 11.1 Å². The maximum absolute atomic E-state index is 10.6. The number of nitrogens with one attached hydrogen (secondary N) is 1. The second-order valence-corrected chi connectivity index (χ2v) is 3.13. The lowest BCUT2D eigenvalue weighted by Crippen LogP contribution is -2.19. The maximum atomic E-state index is 10.6. The molecule has 0 radical (unpaired) electrons. The summed E-state index contributed by atoms with van der Waals surface area (Å²) in [5.74, 6) is 5.43. The van der Waals surface area contributed by atoms with Crippen molar-refractivity contribution in [2.45, 2.75) is 6.92 Å². The van der Waals surface area contributed by atoms with Crippen LogP contribution >= 0.6 is 0 Å². The zero-order valence-electron chi connectivity index (χ0n) is 8.87. The number of hydrogen-bond acceptors (Lipinski definition) is 3. The van der Waals surface area contributed by atoms with Crippen molar-refractivity contribution < 1.29 is 4.79 Å². The van der Waals surface area contributed by atoms with E-state index in [4.69, 9.17) is 11.0 Å². The molecule has 1 rings (SSSR count). The number of hydrogen-bond donors (Lipinski definition) is 2. The number of anilines is 1. The minimum atomic E-state index is -0.132. The topological polar surface area (TPSA) is 78.9 Å². The van der Waals surface area contributed by atoms with Crippen LogP contribution in [0.3, 0.4) is 0 Å². The summed E-state index contributed by atoms with van der Waals surface area (Å²) in [4.78, 5) is 10.6. The number of amides is 1. The standard InChI is InChI=1S/C12H11N3O/c1-9(16)15-6-2-3-10-4-5-12(14)7-11(10)8-13/h4-5,7H,6,14H2,1H3,(H,15,16). The molecule has 0 saturated carbocycles. The minimum Gasteiger partial charge on any atom is -0.399 e. The molecular formula is C12H11N3O. The van der Waals surface area contributed by atoms with Crippen molar-refractivity contribution >= 4 is 11.6 Å². The van der Waals surface area contributed by atoms with E-state index in [2.05, 4.69) is 17.2 Å². The van der Waals surface area contributed by atoms with Crippen LogP contribution in [0, 0.1) is 23.2 Å². The summed E-state index contributed by atoms with van der Waals surface area (Å²) in [6, 6.07) is 6.96. The van der Waals surface area contributed by atoms with E-state index in [1.54, 1.807) is 18.2 Å². The van der Waals surface area contributed by atoms with Crippen molar-refractivity contribution in [1.29, 1.82) is 5.26 Å². The highest BCUT2D eigenvalue weighted by Gasteiger charge is 1.98. The Hall–Kier alpha value is -2.46. The van der Waals surface area contributed by atoms with E-state index in [-0.39, 0.29) is 12.5 Å². The van der Waals surface area contributed by atoms with Gasteiger partial charge in [-0.05, 0) is 18.2 Å². The van der Waals surface area contributed by atoms with Gasteiger partial charge in [-0.25, -0.2) is 0 Å². The Labute approximate surface area is 94.1 Å². The SMILES string of the molecule is CC(=O)NCC#Cc1ccc(N)cc1C#N. The molecule has 0 spiro atoms. The summed E-state index contributed by atoms with van der Waals surface area (Å²) in [6.45, 7) is 1.69. The second kappa shape index (κ2) is 5.43. The first kappa shape index (κ1) is 11.6. The van der Waals surface area contributed by atoms with Gasteiger partial charge in [0, 0.05) is 18.2 Å². The molecule has 4 heteroatoms. The van der Waals surface area contributed by atoms with E-state index >= 15 is 0 Å². The van der Waals surface area contributed by atoms with Gasteiger partial charge in [0.15, 0.2) is 0 Å². The van der Waals surface area contributed by atoms with Gasteiger partial charge >= 0.3 is 0 Å². The van der Waals surface area contributed by atoms with Crippen molar-refractivity contribution in [2.75, 3.05) is 12.3 Å². The van der Waals surface area contributed by atoms with Gasteiger partial charge in [-0.15, -0.1) is 0 Å². The summed E-state index contributed by atoms with van der Waals surface area (Å²) < 4.78 is 0. The average molecular weight is 213 g/mol. The molecule has 16 heavy (non-hydrogen) atoms. The molecule has 0 aliphatic heterocycles. The van der Waals surface area contributed by atoms with Crippen molar-refractivity contribution in [1.82, 2.24) is 5.32 Å². The number of rotatable bonds is 1. The average Bonchev–Trinajstić information content (AvgIpc) is 2.25. The molecule has 0 aromatic heterocycles. The largest absolute Gasteiger partial charge is 0.399 e. The van der Waals surface area contributed by atoms with Crippen LogP contribution in [-0.2, 0) is 4.79 Å². The zero-order chi connectivity index (χ0) is 12.0. The molecule has 0 aliphatic rings. The van der Waals surface area contributed by atoms with Gasteiger partial charge in [0.05, 0.1) is 12.1 Å². The first-order valence-corrected chi connectivity index (χ1v) is 4.66. The third-order valence-corrected chi connectivity index (χ3v) is 1.81. The molecule has 0 atom stereocenters. The summed E-state index contributed by atoms with van der Waals surface area (Å²) >= 11 is 0. The Morgan fingerprint density at radius 1 is 1.50 bits per heavy atom. The predicted molar refractivity (Wildman–Crippen MR) is 61.1 cm³/mol. The van der Waals surface area contributed by atoms with Crippen LogP contribution in [0.1, 0.15) is 18.1 Å². The molecule has 1 amide bonds.